The van der Waals surface area contributed by atoms with E-state index < -0.39 is 5.41 Å². The molecule has 1 heteroatoms. The molecule has 0 heterocycles. The fourth-order valence-corrected chi connectivity index (χ4v) is 8.47. The van der Waals surface area contributed by atoms with Crippen LogP contribution >= 0.6 is 0 Å². The third-order valence-corrected chi connectivity index (χ3v) is 10.7. The maximum Gasteiger partial charge on any atom is 0.0928 e. The first-order chi connectivity index (χ1) is 22.7. The monoisotopic (exact) mass is 592 g/mol. The summed E-state index contributed by atoms with van der Waals surface area (Å²) in [5, 5.41) is 12.7. The Labute approximate surface area is 271 Å². The number of aliphatic hydroxyl groups excluding tert-OH is 1. The lowest BCUT2D eigenvalue weighted by molar-refractivity contribution is 0.354. The molecule has 2 atom stereocenters. The van der Waals surface area contributed by atoms with Crippen molar-refractivity contribution in [2.75, 3.05) is 0 Å². The van der Waals surface area contributed by atoms with E-state index in [2.05, 4.69) is 140 Å². The fraction of sp³-hybridized carbons (Fsp3) is 0.156. The Morgan fingerprint density at radius 1 is 0.652 bits per heavy atom. The lowest BCUT2D eigenvalue weighted by Crippen LogP contribution is -2.29. The van der Waals surface area contributed by atoms with Gasteiger partial charge in [-0.05, 0) is 128 Å². The van der Waals surface area contributed by atoms with E-state index in [9.17, 15) is 5.11 Å². The van der Waals surface area contributed by atoms with Crippen LogP contribution in [0.15, 0.2) is 163 Å². The normalized spacial score (nSPS) is 21.4. The van der Waals surface area contributed by atoms with E-state index in [0.29, 0.717) is 11.7 Å². The van der Waals surface area contributed by atoms with Crippen LogP contribution in [-0.4, -0.2) is 5.11 Å². The number of rotatable bonds is 4. The second-order valence-electron chi connectivity index (χ2n) is 13.3. The van der Waals surface area contributed by atoms with Gasteiger partial charge in [-0.15, -0.1) is 0 Å². The zero-order chi connectivity index (χ0) is 30.7. The van der Waals surface area contributed by atoms with Crippen LogP contribution in [0.4, 0.5) is 0 Å². The van der Waals surface area contributed by atoms with Crippen LogP contribution in [0.25, 0.3) is 38.6 Å². The van der Waals surface area contributed by atoms with Crippen molar-refractivity contribution in [3.05, 3.63) is 185 Å². The van der Waals surface area contributed by atoms with Crippen molar-refractivity contribution in [2.45, 2.75) is 37.5 Å². The molecule has 46 heavy (non-hydrogen) atoms. The predicted molar refractivity (Wildman–Crippen MR) is 192 cm³/mol. The third-order valence-electron chi connectivity index (χ3n) is 10.7. The Morgan fingerprint density at radius 3 is 2.17 bits per heavy atom. The summed E-state index contributed by atoms with van der Waals surface area (Å²) in [4.78, 5) is 0. The molecule has 2 unspecified atom stereocenters. The molecule has 0 aliphatic heterocycles. The number of fused-ring (bicyclic) bond motifs is 5. The minimum Gasteiger partial charge on any atom is -0.512 e. The maximum absolute atomic E-state index is 10.1. The molecule has 0 aromatic heterocycles. The molecular weight excluding hydrogens is 556 g/mol. The molecule has 9 rings (SSSR count). The van der Waals surface area contributed by atoms with Gasteiger partial charge in [0.15, 0.2) is 0 Å². The largest absolute Gasteiger partial charge is 0.512 e. The molecule has 0 radical (unpaired) electrons. The summed E-state index contributed by atoms with van der Waals surface area (Å²) in [5.74, 6) is 0.923. The van der Waals surface area contributed by atoms with Gasteiger partial charge in [0.2, 0.25) is 0 Å². The maximum atomic E-state index is 10.1. The van der Waals surface area contributed by atoms with Crippen molar-refractivity contribution in [1.29, 1.82) is 0 Å². The molecule has 5 aromatic rings. The van der Waals surface area contributed by atoms with E-state index in [1.165, 1.54) is 72.0 Å². The SMILES string of the molecule is OC1=CC=C2C=C(c3ccc4c(c3)C(C3=CCCC=C3)(c3ccccc3)c3cc(-c5ccc6ccccc6c5)ccc3-4)CCC2C1. The van der Waals surface area contributed by atoms with Crippen molar-refractivity contribution in [3.63, 3.8) is 0 Å². The number of aliphatic hydroxyl groups is 1. The minimum absolute atomic E-state index is 0.415. The molecule has 1 nitrogen and oxygen atoms in total. The van der Waals surface area contributed by atoms with Crippen molar-refractivity contribution < 1.29 is 5.11 Å². The number of hydrogen-bond donors (Lipinski definition) is 1. The highest BCUT2D eigenvalue weighted by Gasteiger charge is 2.47. The summed E-state index contributed by atoms with van der Waals surface area (Å²) >= 11 is 0. The van der Waals surface area contributed by atoms with E-state index in [1.54, 1.807) is 0 Å². The molecule has 0 bridgehead atoms. The molecule has 222 valence electrons. The number of hydrogen-bond acceptors (Lipinski definition) is 1. The van der Waals surface area contributed by atoms with Crippen molar-refractivity contribution in [2.24, 2.45) is 5.92 Å². The van der Waals surface area contributed by atoms with Gasteiger partial charge >= 0.3 is 0 Å². The summed E-state index contributed by atoms with van der Waals surface area (Å²) in [6.07, 6.45) is 18.6. The van der Waals surface area contributed by atoms with Gasteiger partial charge in [-0.2, -0.15) is 0 Å². The highest BCUT2D eigenvalue weighted by atomic mass is 16.3. The summed E-state index contributed by atoms with van der Waals surface area (Å²) in [5.41, 5.74) is 14.2. The van der Waals surface area contributed by atoms with E-state index >= 15 is 0 Å². The molecule has 0 amide bonds. The molecule has 4 aliphatic rings. The standard InChI is InChI=1S/C45H36O/c46-40-22-19-34-26-33(17-18-35(34)27-40)37-21-24-42-41-23-20-36(32-16-15-30-9-7-8-10-31(30)25-32)28-43(41)45(44(42)29-37,38-11-3-1-4-12-38)39-13-5-2-6-14-39/h1,3-5,7-16,19-26,28-29,35,46H,2,6,17-18,27H2. The van der Waals surface area contributed by atoms with E-state index in [1.807, 2.05) is 6.08 Å². The van der Waals surface area contributed by atoms with Gasteiger partial charge in [0, 0.05) is 6.42 Å². The molecule has 1 N–H and O–H groups in total. The highest BCUT2D eigenvalue weighted by Crippen LogP contribution is 2.58. The van der Waals surface area contributed by atoms with Crippen LogP contribution in [0.1, 0.15) is 54.4 Å². The topological polar surface area (TPSA) is 20.2 Å². The van der Waals surface area contributed by atoms with Crippen molar-refractivity contribution in [3.8, 4) is 22.3 Å². The summed E-state index contributed by atoms with van der Waals surface area (Å²) < 4.78 is 0. The zero-order valence-corrected chi connectivity index (χ0v) is 25.9. The summed E-state index contributed by atoms with van der Waals surface area (Å²) in [6.45, 7) is 0. The molecule has 5 aromatic carbocycles. The zero-order valence-electron chi connectivity index (χ0n) is 25.9. The fourth-order valence-electron chi connectivity index (χ4n) is 8.47. The lowest BCUT2D eigenvalue weighted by Gasteiger charge is -2.36. The first-order valence-electron chi connectivity index (χ1n) is 16.7. The molecular formula is C45H36O. The van der Waals surface area contributed by atoms with E-state index in [0.717, 1.165) is 32.1 Å². The van der Waals surface area contributed by atoms with E-state index in [-0.39, 0.29) is 0 Å². The summed E-state index contributed by atoms with van der Waals surface area (Å²) in [7, 11) is 0. The highest BCUT2D eigenvalue weighted by molar-refractivity contribution is 5.92. The Hall–Kier alpha value is -5.14. The van der Waals surface area contributed by atoms with Crippen LogP contribution in [0.2, 0.25) is 0 Å². The van der Waals surface area contributed by atoms with Crippen molar-refractivity contribution >= 4 is 16.3 Å². The average molecular weight is 593 g/mol. The Morgan fingerprint density at radius 2 is 1.37 bits per heavy atom. The van der Waals surface area contributed by atoms with Crippen LogP contribution in [-0.2, 0) is 5.41 Å². The van der Waals surface area contributed by atoms with Crippen LogP contribution < -0.4 is 0 Å². The smallest absolute Gasteiger partial charge is 0.0928 e. The number of benzene rings is 5. The number of allylic oxidation sites excluding steroid dienone is 10. The van der Waals surface area contributed by atoms with Gasteiger partial charge in [0.1, 0.15) is 0 Å². The molecule has 0 saturated heterocycles. The lowest BCUT2D eigenvalue weighted by atomic mass is 9.65. The quantitative estimate of drug-likeness (QED) is 0.220. The Bertz CT molecular complexity index is 2190. The molecule has 4 aliphatic carbocycles. The minimum atomic E-state index is -0.415. The Balaban J connectivity index is 1.28. The molecule has 0 saturated carbocycles. The van der Waals surface area contributed by atoms with Crippen LogP contribution in [0.3, 0.4) is 0 Å². The van der Waals surface area contributed by atoms with Crippen LogP contribution in [0.5, 0.6) is 0 Å². The van der Waals surface area contributed by atoms with Gasteiger partial charge in [0.05, 0.1) is 11.2 Å². The van der Waals surface area contributed by atoms with Gasteiger partial charge in [-0.3, -0.25) is 0 Å². The first-order valence-corrected chi connectivity index (χ1v) is 16.7. The van der Waals surface area contributed by atoms with Crippen LogP contribution in [0, 0.1) is 5.92 Å². The molecule has 0 spiro atoms. The second-order valence-corrected chi connectivity index (χ2v) is 13.3. The third kappa shape index (κ3) is 4.22. The van der Waals surface area contributed by atoms with Gasteiger partial charge < -0.3 is 5.11 Å². The molecule has 0 fully saturated rings. The van der Waals surface area contributed by atoms with Crippen molar-refractivity contribution in [1.82, 2.24) is 0 Å². The first kappa shape index (κ1) is 27.2. The summed E-state index contributed by atoms with van der Waals surface area (Å²) in [6, 6.07) is 41.0. The van der Waals surface area contributed by atoms with Gasteiger partial charge in [0.25, 0.3) is 0 Å². The average Bonchev–Trinajstić information content (AvgIpc) is 3.41. The van der Waals surface area contributed by atoms with Gasteiger partial charge in [-0.25, -0.2) is 0 Å². The second kappa shape index (κ2) is 10.7. The van der Waals surface area contributed by atoms with Gasteiger partial charge in [-0.1, -0.05) is 121 Å². The van der Waals surface area contributed by atoms with E-state index in [4.69, 9.17) is 0 Å². The predicted octanol–water partition coefficient (Wildman–Crippen LogP) is 11.7. The Kier molecular flexibility index (Phi) is 6.35.